The van der Waals surface area contributed by atoms with Gasteiger partial charge in [-0.05, 0) is 60.2 Å². The normalized spacial score (nSPS) is 12.5. The molecule has 41 heavy (non-hydrogen) atoms. The first-order chi connectivity index (χ1) is 20.3. The lowest BCUT2D eigenvalue weighted by atomic mass is 10.0. The lowest BCUT2D eigenvalue weighted by Crippen LogP contribution is -2.04. The summed E-state index contributed by atoms with van der Waals surface area (Å²) in [5, 5.41) is 10.8. The molecule has 5 aromatic carbocycles. The van der Waals surface area contributed by atoms with Crippen LogP contribution in [0.1, 0.15) is 5.69 Å². The van der Waals surface area contributed by atoms with Crippen LogP contribution in [-0.4, -0.2) is 23.9 Å². The molecule has 10 rings (SSSR count). The third kappa shape index (κ3) is 2.59. The molecule has 5 nitrogen and oxygen atoms in total. The van der Waals surface area contributed by atoms with Crippen LogP contribution >= 0.6 is 0 Å². The largest absolute Gasteiger partial charge is 0.308 e. The molecule has 0 unspecified atom stereocenters. The SMILES string of the molecule is Cc1nc(-n2c3cc4ccccc4cc3c3c4c5ccccc5n5c6ccccc6c(cc32)c45)nc2ncccc12. The molecule has 190 valence electrons. The number of aromatic nitrogens is 5. The van der Waals surface area contributed by atoms with Crippen molar-refractivity contribution < 1.29 is 0 Å². The standard InChI is InChI=1S/C36H21N5/c1-20-23-13-8-16-37-35(23)39-36(38-20)41-30-18-22-10-3-2-9-21(22)17-27(30)32-31(41)19-26-24-11-4-6-14-28(24)40-29-15-7-5-12-25(29)33(32)34(26)40/h2-19H,1H3. The minimum Gasteiger partial charge on any atom is -0.308 e. The average molecular weight is 524 g/mol. The minimum absolute atomic E-state index is 0.644. The topological polar surface area (TPSA) is 48.0 Å². The molecule has 0 atom stereocenters. The van der Waals surface area contributed by atoms with Gasteiger partial charge >= 0.3 is 0 Å². The van der Waals surface area contributed by atoms with E-state index in [1.54, 1.807) is 6.20 Å². The zero-order valence-electron chi connectivity index (χ0n) is 22.1. The van der Waals surface area contributed by atoms with Gasteiger partial charge in [0.25, 0.3) is 0 Å². The molecule has 0 fully saturated rings. The van der Waals surface area contributed by atoms with Crippen molar-refractivity contribution in [3.05, 3.63) is 115 Å². The zero-order chi connectivity index (χ0) is 26.8. The molecule has 5 heteroatoms. The second kappa shape index (κ2) is 7.34. The fourth-order valence-corrected chi connectivity index (χ4v) is 7.11. The molecule has 0 saturated carbocycles. The number of aryl methyl sites for hydroxylation is 1. The van der Waals surface area contributed by atoms with Crippen molar-refractivity contribution in [2.24, 2.45) is 0 Å². The number of pyridine rings is 1. The molecule has 0 aliphatic heterocycles. The van der Waals surface area contributed by atoms with E-state index in [2.05, 4.69) is 105 Å². The van der Waals surface area contributed by atoms with Crippen LogP contribution in [-0.2, 0) is 0 Å². The first-order valence-electron chi connectivity index (χ1n) is 13.9. The van der Waals surface area contributed by atoms with E-state index in [0.29, 0.717) is 11.6 Å². The Bertz CT molecular complexity index is 2710. The molecule has 0 aliphatic carbocycles. The van der Waals surface area contributed by atoms with Gasteiger partial charge in [-0.2, -0.15) is 4.98 Å². The van der Waals surface area contributed by atoms with E-state index in [-0.39, 0.29) is 0 Å². The molecular formula is C36H21N5. The highest BCUT2D eigenvalue weighted by atomic mass is 15.2. The fraction of sp³-hybridized carbons (Fsp3) is 0.0278. The van der Waals surface area contributed by atoms with Crippen molar-refractivity contribution in [1.82, 2.24) is 23.9 Å². The van der Waals surface area contributed by atoms with Crippen LogP contribution < -0.4 is 0 Å². The Labute approximate surface area is 233 Å². The molecule has 0 aliphatic rings. The van der Waals surface area contributed by atoms with Gasteiger partial charge in [-0.15, -0.1) is 0 Å². The summed E-state index contributed by atoms with van der Waals surface area (Å²) in [6, 6.07) is 37.1. The van der Waals surface area contributed by atoms with Crippen molar-refractivity contribution in [3.8, 4) is 5.95 Å². The van der Waals surface area contributed by atoms with Crippen LogP contribution in [0.15, 0.2) is 109 Å². The Morgan fingerprint density at radius 1 is 0.537 bits per heavy atom. The van der Waals surface area contributed by atoms with Gasteiger partial charge in [0.05, 0.1) is 33.3 Å². The van der Waals surface area contributed by atoms with Gasteiger partial charge in [0, 0.05) is 43.9 Å². The summed E-state index contributed by atoms with van der Waals surface area (Å²) in [6.45, 7) is 2.04. The Morgan fingerprint density at radius 3 is 2.10 bits per heavy atom. The number of fused-ring (bicyclic) bond motifs is 12. The predicted octanol–water partition coefficient (Wildman–Crippen LogP) is 8.73. The van der Waals surface area contributed by atoms with Crippen LogP contribution in [0.25, 0.3) is 87.7 Å². The lowest BCUT2D eigenvalue weighted by Gasteiger charge is -2.09. The summed E-state index contributed by atoms with van der Waals surface area (Å²) in [7, 11) is 0. The Balaban J connectivity index is 1.53. The predicted molar refractivity (Wildman–Crippen MR) is 169 cm³/mol. The lowest BCUT2D eigenvalue weighted by molar-refractivity contribution is 0.981. The van der Waals surface area contributed by atoms with Gasteiger partial charge in [0.15, 0.2) is 5.65 Å². The third-order valence-corrected chi connectivity index (χ3v) is 8.82. The molecule has 0 amide bonds. The summed E-state index contributed by atoms with van der Waals surface area (Å²) in [5.74, 6) is 0.644. The monoisotopic (exact) mass is 523 g/mol. The van der Waals surface area contributed by atoms with E-state index in [9.17, 15) is 0 Å². The molecule has 0 N–H and O–H groups in total. The van der Waals surface area contributed by atoms with Gasteiger partial charge in [0.2, 0.25) is 5.95 Å². The maximum absolute atomic E-state index is 5.07. The highest BCUT2D eigenvalue weighted by Crippen LogP contribution is 2.46. The smallest absolute Gasteiger partial charge is 0.236 e. The van der Waals surface area contributed by atoms with Crippen LogP contribution in [0.4, 0.5) is 0 Å². The van der Waals surface area contributed by atoms with Crippen LogP contribution in [0.5, 0.6) is 0 Å². The van der Waals surface area contributed by atoms with Crippen molar-refractivity contribution in [2.45, 2.75) is 6.92 Å². The van der Waals surface area contributed by atoms with Gasteiger partial charge in [0.1, 0.15) is 0 Å². The van der Waals surface area contributed by atoms with Crippen molar-refractivity contribution >= 4 is 81.7 Å². The quantitative estimate of drug-likeness (QED) is 0.216. The maximum atomic E-state index is 5.07. The number of rotatable bonds is 1. The van der Waals surface area contributed by atoms with E-state index >= 15 is 0 Å². The zero-order valence-corrected chi connectivity index (χ0v) is 22.1. The maximum Gasteiger partial charge on any atom is 0.236 e. The molecule has 0 radical (unpaired) electrons. The van der Waals surface area contributed by atoms with Crippen LogP contribution in [0.2, 0.25) is 0 Å². The molecule has 5 aromatic heterocycles. The average Bonchev–Trinajstić information content (AvgIpc) is 3.64. The van der Waals surface area contributed by atoms with E-state index < -0.39 is 0 Å². The first-order valence-corrected chi connectivity index (χ1v) is 13.9. The summed E-state index contributed by atoms with van der Waals surface area (Å²) in [5.41, 5.74) is 7.54. The first kappa shape index (κ1) is 21.3. The molecule has 0 spiro atoms. The molecule has 5 heterocycles. The summed E-state index contributed by atoms with van der Waals surface area (Å²) < 4.78 is 4.70. The van der Waals surface area contributed by atoms with Crippen molar-refractivity contribution in [2.75, 3.05) is 0 Å². The summed E-state index contributed by atoms with van der Waals surface area (Å²) >= 11 is 0. The van der Waals surface area contributed by atoms with Crippen LogP contribution in [0.3, 0.4) is 0 Å². The molecule has 10 aromatic rings. The van der Waals surface area contributed by atoms with E-state index in [1.807, 2.05) is 19.1 Å². The number of para-hydroxylation sites is 2. The molecule has 0 saturated heterocycles. The summed E-state index contributed by atoms with van der Waals surface area (Å²) in [6.07, 6.45) is 1.80. The van der Waals surface area contributed by atoms with Crippen molar-refractivity contribution in [3.63, 3.8) is 0 Å². The third-order valence-electron chi connectivity index (χ3n) is 8.82. The number of hydrogen-bond donors (Lipinski definition) is 0. The van der Waals surface area contributed by atoms with Crippen molar-refractivity contribution in [1.29, 1.82) is 0 Å². The Hall–Kier alpha value is -5.55. The molecular weight excluding hydrogens is 502 g/mol. The van der Waals surface area contributed by atoms with Gasteiger partial charge in [-0.25, -0.2) is 9.97 Å². The van der Waals surface area contributed by atoms with E-state index in [0.717, 1.165) is 22.1 Å². The number of nitrogens with zero attached hydrogens (tertiary/aromatic N) is 5. The highest BCUT2D eigenvalue weighted by molar-refractivity contribution is 6.36. The highest BCUT2D eigenvalue weighted by Gasteiger charge is 2.25. The second-order valence-electron chi connectivity index (χ2n) is 10.9. The summed E-state index contributed by atoms with van der Waals surface area (Å²) in [4.78, 5) is 14.7. The molecule has 0 bridgehead atoms. The van der Waals surface area contributed by atoms with Gasteiger partial charge in [-0.1, -0.05) is 60.7 Å². The van der Waals surface area contributed by atoms with Gasteiger partial charge in [-0.3, -0.25) is 4.57 Å². The number of hydrogen-bond acceptors (Lipinski definition) is 3. The number of benzene rings is 5. The second-order valence-corrected chi connectivity index (χ2v) is 10.9. The Kier molecular flexibility index (Phi) is 3.81. The van der Waals surface area contributed by atoms with E-state index in [4.69, 9.17) is 9.97 Å². The van der Waals surface area contributed by atoms with Crippen LogP contribution in [0, 0.1) is 6.92 Å². The van der Waals surface area contributed by atoms with Gasteiger partial charge < -0.3 is 4.40 Å². The fourth-order valence-electron chi connectivity index (χ4n) is 7.11. The van der Waals surface area contributed by atoms with E-state index in [1.165, 1.54) is 59.6 Å². The Morgan fingerprint density at radius 2 is 1.24 bits per heavy atom. The minimum atomic E-state index is 0.644.